The fourth-order valence-corrected chi connectivity index (χ4v) is 4.06. The van der Waals surface area contributed by atoms with Crippen LogP contribution in [0.5, 0.6) is 11.5 Å². The highest BCUT2D eigenvalue weighted by atomic mass is 79.9. The van der Waals surface area contributed by atoms with E-state index in [0.717, 1.165) is 27.6 Å². The first-order chi connectivity index (χ1) is 14.9. The fraction of sp³-hybridized carbons (Fsp3) is 0.217. The summed E-state index contributed by atoms with van der Waals surface area (Å²) in [6.07, 6.45) is 0.743. The van der Waals surface area contributed by atoms with Gasteiger partial charge in [-0.15, -0.1) is 0 Å². The van der Waals surface area contributed by atoms with Crippen LogP contribution in [0.1, 0.15) is 16.7 Å². The number of primary sulfonamides is 1. The van der Waals surface area contributed by atoms with E-state index < -0.39 is 10.0 Å². The summed E-state index contributed by atoms with van der Waals surface area (Å²) in [6, 6.07) is 20.4. The largest absolute Gasteiger partial charge is 0.493 e. The summed E-state index contributed by atoms with van der Waals surface area (Å²) in [7, 11) is -2.04. The van der Waals surface area contributed by atoms with Crippen LogP contribution in [0.2, 0.25) is 0 Å². The minimum Gasteiger partial charge on any atom is -0.493 e. The van der Waals surface area contributed by atoms with Gasteiger partial charge in [-0.3, -0.25) is 0 Å². The van der Waals surface area contributed by atoms with Gasteiger partial charge in [0, 0.05) is 16.6 Å². The van der Waals surface area contributed by atoms with Crippen molar-refractivity contribution < 1.29 is 17.9 Å². The molecule has 0 amide bonds. The Balaban J connectivity index is 1.63. The van der Waals surface area contributed by atoms with Crippen LogP contribution in [0.4, 0.5) is 0 Å². The topological polar surface area (TPSA) is 90.6 Å². The lowest BCUT2D eigenvalue weighted by molar-refractivity contribution is 0.280. The molecule has 8 heteroatoms. The Morgan fingerprint density at radius 1 is 0.968 bits per heavy atom. The van der Waals surface area contributed by atoms with Crippen LogP contribution in [0.25, 0.3) is 0 Å². The van der Waals surface area contributed by atoms with E-state index in [1.54, 1.807) is 19.2 Å². The molecule has 0 heterocycles. The van der Waals surface area contributed by atoms with Gasteiger partial charge in [0.25, 0.3) is 0 Å². The van der Waals surface area contributed by atoms with E-state index in [4.69, 9.17) is 14.6 Å². The van der Waals surface area contributed by atoms with Crippen molar-refractivity contribution in [2.24, 2.45) is 5.14 Å². The molecule has 0 saturated carbocycles. The van der Waals surface area contributed by atoms with Crippen LogP contribution in [-0.4, -0.2) is 22.1 Å². The quantitative estimate of drug-likeness (QED) is 0.407. The predicted molar refractivity (Wildman–Crippen MR) is 125 cm³/mol. The number of halogens is 1. The average Bonchev–Trinajstić information content (AvgIpc) is 2.77. The molecule has 3 rings (SSSR count). The number of nitrogens with one attached hydrogen (secondary N) is 1. The Kier molecular flexibility index (Phi) is 8.09. The molecule has 0 aliphatic rings. The van der Waals surface area contributed by atoms with E-state index in [9.17, 15) is 8.42 Å². The van der Waals surface area contributed by atoms with Crippen LogP contribution in [-0.2, 0) is 29.6 Å². The summed E-state index contributed by atoms with van der Waals surface area (Å²) in [5, 5.41) is 8.56. The van der Waals surface area contributed by atoms with Gasteiger partial charge in [-0.1, -0.05) is 58.4 Å². The van der Waals surface area contributed by atoms with E-state index in [2.05, 4.69) is 21.2 Å². The molecule has 0 atom stereocenters. The van der Waals surface area contributed by atoms with Crippen molar-refractivity contribution in [3.05, 3.63) is 87.9 Å². The van der Waals surface area contributed by atoms with Crippen LogP contribution >= 0.6 is 15.9 Å². The summed E-state index contributed by atoms with van der Waals surface area (Å²) >= 11 is 3.62. The average molecular weight is 505 g/mol. The molecule has 0 saturated heterocycles. The molecule has 164 valence electrons. The molecule has 0 aliphatic carbocycles. The Morgan fingerprint density at radius 2 is 1.68 bits per heavy atom. The minimum atomic E-state index is -3.67. The maximum atomic E-state index is 11.4. The molecule has 0 aromatic heterocycles. The molecule has 0 unspecified atom stereocenters. The number of nitrogens with two attached hydrogens (primary N) is 1. The molecule has 0 bridgehead atoms. The molecule has 3 aromatic carbocycles. The second-order valence-corrected chi connectivity index (χ2v) is 9.36. The lowest BCUT2D eigenvalue weighted by Crippen LogP contribution is -2.18. The van der Waals surface area contributed by atoms with Crippen molar-refractivity contribution >= 4 is 26.0 Å². The molecular weight excluding hydrogens is 480 g/mol. The lowest BCUT2D eigenvalue weighted by Gasteiger charge is -2.17. The van der Waals surface area contributed by atoms with Crippen LogP contribution in [0, 0.1) is 0 Å². The Labute approximate surface area is 191 Å². The summed E-state index contributed by atoms with van der Waals surface area (Å²) in [4.78, 5) is 0.115. The number of hydrogen-bond donors (Lipinski definition) is 2. The molecule has 3 aromatic rings. The number of ether oxygens (including phenoxy) is 2. The van der Waals surface area contributed by atoms with Gasteiger partial charge < -0.3 is 14.8 Å². The Hall–Kier alpha value is -2.39. The molecule has 0 radical (unpaired) electrons. The molecule has 3 N–H and O–H groups in total. The third-order valence-corrected chi connectivity index (χ3v) is 6.43. The smallest absolute Gasteiger partial charge is 0.238 e. The van der Waals surface area contributed by atoms with Gasteiger partial charge in [0.1, 0.15) is 6.61 Å². The van der Waals surface area contributed by atoms with E-state index in [-0.39, 0.29) is 4.90 Å². The van der Waals surface area contributed by atoms with Gasteiger partial charge in [0.15, 0.2) is 11.5 Å². The maximum absolute atomic E-state index is 11.4. The molecule has 0 spiro atoms. The number of benzene rings is 3. The third kappa shape index (κ3) is 6.54. The van der Waals surface area contributed by atoms with Gasteiger partial charge >= 0.3 is 0 Å². The van der Waals surface area contributed by atoms with Crippen molar-refractivity contribution in [2.45, 2.75) is 24.5 Å². The molecule has 31 heavy (non-hydrogen) atoms. The molecule has 6 nitrogen and oxygen atoms in total. The monoisotopic (exact) mass is 504 g/mol. The SMILES string of the molecule is COc1ccc(Br)c(CNCCc2ccc(S(N)(=O)=O)cc2)c1OCc1ccccc1. The van der Waals surface area contributed by atoms with Crippen molar-refractivity contribution in [1.29, 1.82) is 0 Å². The van der Waals surface area contributed by atoms with E-state index in [1.165, 1.54) is 12.1 Å². The van der Waals surface area contributed by atoms with Crippen LogP contribution < -0.4 is 19.9 Å². The first-order valence-corrected chi connectivity index (χ1v) is 12.1. The minimum absolute atomic E-state index is 0.115. The van der Waals surface area contributed by atoms with Gasteiger partial charge in [0.2, 0.25) is 10.0 Å². The van der Waals surface area contributed by atoms with Crippen molar-refractivity contribution in [2.75, 3.05) is 13.7 Å². The highest BCUT2D eigenvalue weighted by Gasteiger charge is 2.15. The standard InChI is InChI=1S/C23H25BrN2O4S/c1-29-22-12-11-21(24)20(23(22)30-16-18-5-3-2-4-6-18)15-26-14-13-17-7-9-19(10-8-17)31(25,27)28/h2-12,26H,13-16H2,1H3,(H2,25,27,28). The second kappa shape index (κ2) is 10.8. The number of hydrogen-bond acceptors (Lipinski definition) is 5. The van der Waals surface area contributed by atoms with Crippen molar-refractivity contribution in [1.82, 2.24) is 5.32 Å². The lowest BCUT2D eigenvalue weighted by atomic mass is 10.1. The van der Waals surface area contributed by atoms with Crippen molar-refractivity contribution in [3.63, 3.8) is 0 Å². The maximum Gasteiger partial charge on any atom is 0.238 e. The van der Waals surface area contributed by atoms with E-state index in [1.807, 2.05) is 42.5 Å². The zero-order valence-electron chi connectivity index (χ0n) is 17.2. The zero-order chi connectivity index (χ0) is 22.3. The molecule has 0 aliphatic heterocycles. The summed E-state index contributed by atoms with van der Waals surface area (Å²) < 4.78 is 35.3. The first-order valence-electron chi connectivity index (χ1n) is 9.73. The highest BCUT2D eigenvalue weighted by molar-refractivity contribution is 9.10. The number of methoxy groups -OCH3 is 1. The second-order valence-electron chi connectivity index (χ2n) is 6.95. The Morgan fingerprint density at radius 3 is 2.32 bits per heavy atom. The fourth-order valence-electron chi connectivity index (χ4n) is 3.09. The Bertz CT molecular complexity index is 1100. The van der Waals surface area contributed by atoms with Crippen LogP contribution in [0.15, 0.2) is 76.1 Å². The van der Waals surface area contributed by atoms with E-state index >= 15 is 0 Å². The van der Waals surface area contributed by atoms with Crippen LogP contribution in [0.3, 0.4) is 0 Å². The normalized spacial score (nSPS) is 11.3. The van der Waals surface area contributed by atoms with Gasteiger partial charge in [0.05, 0.1) is 12.0 Å². The first kappa shape index (κ1) is 23.3. The predicted octanol–water partition coefficient (Wildman–Crippen LogP) is 4.02. The van der Waals surface area contributed by atoms with E-state index in [0.29, 0.717) is 31.2 Å². The number of sulfonamides is 1. The van der Waals surface area contributed by atoms with Gasteiger partial charge in [-0.2, -0.15) is 0 Å². The number of rotatable bonds is 10. The molecule has 0 fully saturated rings. The van der Waals surface area contributed by atoms with Gasteiger partial charge in [-0.25, -0.2) is 13.6 Å². The summed E-state index contributed by atoms with van der Waals surface area (Å²) in [6.45, 7) is 1.73. The summed E-state index contributed by atoms with van der Waals surface area (Å²) in [5.74, 6) is 1.38. The highest BCUT2D eigenvalue weighted by Crippen LogP contribution is 2.36. The van der Waals surface area contributed by atoms with Gasteiger partial charge in [-0.05, 0) is 48.4 Å². The van der Waals surface area contributed by atoms with Crippen molar-refractivity contribution in [3.8, 4) is 11.5 Å². The zero-order valence-corrected chi connectivity index (χ0v) is 19.6. The third-order valence-electron chi connectivity index (χ3n) is 4.76. The summed E-state index contributed by atoms with van der Waals surface area (Å²) in [5.41, 5.74) is 3.07. The molecular formula is C23H25BrN2O4S.